The lowest BCUT2D eigenvalue weighted by Gasteiger charge is -2.51. The molecule has 2 fully saturated rings. The van der Waals surface area contributed by atoms with Crippen molar-refractivity contribution in [3.63, 3.8) is 0 Å². The summed E-state index contributed by atoms with van der Waals surface area (Å²) in [6, 6.07) is 0. The predicted octanol–water partition coefficient (Wildman–Crippen LogP) is 2.51. The van der Waals surface area contributed by atoms with Crippen molar-refractivity contribution in [2.24, 2.45) is 11.8 Å². The highest BCUT2D eigenvalue weighted by molar-refractivity contribution is 5.06. The number of nitrogens with zero attached hydrogens (tertiary/aromatic N) is 1. The molecule has 1 atom stereocenters. The van der Waals surface area contributed by atoms with Crippen LogP contribution in [0.2, 0.25) is 0 Å². The minimum atomic E-state index is 0.229. The van der Waals surface area contributed by atoms with Crippen LogP contribution in [-0.4, -0.2) is 48.8 Å². The molecule has 1 aliphatic carbocycles. The zero-order valence-corrected chi connectivity index (χ0v) is 13.5. The van der Waals surface area contributed by atoms with E-state index in [0.717, 1.165) is 38.8 Å². The molecule has 1 N–H and O–H groups in total. The average Bonchev–Trinajstić information content (AvgIpc) is 3.13. The third-order valence-electron chi connectivity index (χ3n) is 4.65. The van der Waals surface area contributed by atoms with Gasteiger partial charge in [0, 0.05) is 37.3 Å². The molecule has 0 spiro atoms. The first-order chi connectivity index (χ1) is 8.83. The van der Waals surface area contributed by atoms with Crippen molar-refractivity contribution in [2.75, 3.05) is 32.8 Å². The van der Waals surface area contributed by atoms with Crippen molar-refractivity contribution in [3.8, 4) is 0 Å². The van der Waals surface area contributed by atoms with E-state index in [-0.39, 0.29) is 5.54 Å². The molecule has 1 aliphatic heterocycles. The maximum absolute atomic E-state index is 5.80. The molecule has 1 unspecified atom stereocenters. The zero-order valence-electron chi connectivity index (χ0n) is 13.5. The molecule has 3 nitrogen and oxygen atoms in total. The van der Waals surface area contributed by atoms with E-state index in [1.807, 2.05) is 0 Å². The van der Waals surface area contributed by atoms with Gasteiger partial charge < -0.3 is 10.1 Å². The van der Waals surface area contributed by atoms with Gasteiger partial charge in [0.2, 0.25) is 0 Å². The molecule has 0 amide bonds. The van der Waals surface area contributed by atoms with Gasteiger partial charge in [-0.3, -0.25) is 4.90 Å². The summed E-state index contributed by atoms with van der Waals surface area (Å²) in [5, 5.41) is 3.73. The van der Waals surface area contributed by atoms with Gasteiger partial charge in [-0.25, -0.2) is 0 Å². The highest BCUT2D eigenvalue weighted by atomic mass is 16.5. The molecular weight excluding hydrogens is 236 g/mol. The smallest absolute Gasteiger partial charge is 0.0593 e. The van der Waals surface area contributed by atoms with Crippen LogP contribution in [0.4, 0.5) is 0 Å². The van der Waals surface area contributed by atoms with Crippen LogP contribution in [-0.2, 0) is 4.74 Å². The molecule has 2 aliphatic rings. The summed E-state index contributed by atoms with van der Waals surface area (Å²) < 4.78 is 5.80. The Kier molecular flexibility index (Phi) is 4.59. The molecule has 112 valence electrons. The SMILES string of the molecule is CC(C)COCCN1CC(C)(C)NCC1(C)C1CC1. The first-order valence-electron chi connectivity index (χ1n) is 7.91. The Morgan fingerprint density at radius 1 is 1.26 bits per heavy atom. The van der Waals surface area contributed by atoms with Gasteiger partial charge in [0.15, 0.2) is 0 Å². The van der Waals surface area contributed by atoms with E-state index in [4.69, 9.17) is 4.74 Å². The summed E-state index contributed by atoms with van der Waals surface area (Å²) in [6.45, 7) is 16.6. The second-order valence-electron chi connectivity index (χ2n) is 7.76. The number of rotatable bonds is 6. The summed E-state index contributed by atoms with van der Waals surface area (Å²) in [6.07, 6.45) is 2.81. The molecule has 3 heteroatoms. The molecular formula is C16H32N2O. The highest BCUT2D eigenvalue weighted by Gasteiger charge is 2.49. The van der Waals surface area contributed by atoms with E-state index in [1.54, 1.807) is 0 Å². The Morgan fingerprint density at radius 3 is 2.53 bits per heavy atom. The summed E-state index contributed by atoms with van der Waals surface area (Å²) in [4.78, 5) is 2.68. The van der Waals surface area contributed by atoms with Crippen LogP contribution in [0, 0.1) is 11.8 Å². The van der Waals surface area contributed by atoms with E-state index in [0.29, 0.717) is 11.5 Å². The van der Waals surface area contributed by atoms with Crippen LogP contribution >= 0.6 is 0 Å². The number of hydrogen-bond donors (Lipinski definition) is 1. The number of hydrogen-bond acceptors (Lipinski definition) is 3. The monoisotopic (exact) mass is 268 g/mol. The molecule has 0 bridgehead atoms. The number of nitrogens with one attached hydrogen (secondary N) is 1. The van der Waals surface area contributed by atoms with Gasteiger partial charge in [0.1, 0.15) is 0 Å². The van der Waals surface area contributed by atoms with Crippen molar-refractivity contribution in [3.05, 3.63) is 0 Å². The Labute approximate surface area is 119 Å². The van der Waals surface area contributed by atoms with Gasteiger partial charge in [-0.2, -0.15) is 0 Å². The second kappa shape index (κ2) is 5.71. The van der Waals surface area contributed by atoms with Gasteiger partial charge in [0.05, 0.1) is 6.61 Å². The number of ether oxygens (including phenoxy) is 1. The Balaban J connectivity index is 1.88. The Hall–Kier alpha value is -0.120. The van der Waals surface area contributed by atoms with E-state index in [1.165, 1.54) is 12.8 Å². The van der Waals surface area contributed by atoms with Crippen LogP contribution in [0.25, 0.3) is 0 Å². The molecule has 1 saturated heterocycles. The van der Waals surface area contributed by atoms with E-state index >= 15 is 0 Å². The van der Waals surface area contributed by atoms with Gasteiger partial charge >= 0.3 is 0 Å². The van der Waals surface area contributed by atoms with E-state index < -0.39 is 0 Å². The van der Waals surface area contributed by atoms with Crippen molar-refractivity contribution in [2.45, 2.75) is 58.5 Å². The van der Waals surface area contributed by atoms with Crippen LogP contribution in [0.15, 0.2) is 0 Å². The third kappa shape index (κ3) is 3.93. The summed E-state index contributed by atoms with van der Waals surface area (Å²) in [7, 11) is 0. The normalized spacial score (nSPS) is 31.9. The van der Waals surface area contributed by atoms with Gasteiger partial charge in [-0.05, 0) is 45.4 Å². The quantitative estimate of drug-likeness (QED) is 0.749. The largest absolute Gasteiger partial charge is 0.380 e. The summed E-state index contributed by atoms with van der Waals surface area (Å²) in [5.41, 5.74) is 0.573. The van der Waals surface area contributed by atoms with Crippen molar-refractivity contribution < 1.29 is 4.74 Å². The maximum atomic E-state index is 5.80. The lowest BCUT2D eigenvalue weighted by Crippen LogP contribution is -2.68. The molecule has 0 aromatic rings. The first-order valence-corrected chi connectivity index (χ1v) is 7.91. The lowest BCUT2D eigenvalue weighted by atomic mass is 9.86. The van der Waals surface area contributed by atoms with Crippen LogP contribution in [0.5, 0.6) is 0 Å². The van der Waals surface area contributed by atoms with Gasteiger partial charge in [-0.1, -0.05) is 13.8 Å². The second-order valence-corrected chi connectivity index (χ2v) is 7.76. The fraction of sp³-hybridized carbons (Fsp3) is 1.00. The zero-order chi connectivity index (χ0) is 14.1. The molecule has 1 heterocycles. The van der Waals surface area contributed by atoms with Gasteiger partial charge in [0.25, 0.3) is 0 Å². The number of piperazine rings is 1. The molecule has 0 radical (unpaired) electrons. The predicted molar refractivity (Wildman–Crippen MR) is 80.4 cm³/mol. The summed E-state index contributed by atoms with van der Waals surface area (Å²) >= 11 is 0. The first kappa shape index (κ1) is 15.3. The minimum absolute atomic E-state index is 0.229. The van der Waals surface area contributed by atoms with Crippen LogP contribution in [0.3, 0.4) is 0 Å². The molecule has 1 saturated carbocycles. The lowest BCUT2D eigenvalue weighted by molar-refractivity contribution is -0.0130. The molecule has 19 heavy (non-hydrogen) atoms. The molecule has 0 aromatic carbocycles. The van der Waals surface area contributed by atoms with Crippen LogP contribution < -0.4 is 5.32 Å². The topological polar surface area (TPSA) is 24.5 Å². The highest BCUT2D eigenvalue weighted by Crippen LogP contribution is 2.44. The van der Waals surface area contributed by atoms with Crippen molar-refractivity contribution >= 4 is 0 Å². The maximum Gasteiger partial charge on any atom is 0.0593 e. The Morgan fingerprint density at radius 2 is 1.95 bits per heavy atom. The van der Waals surface area contributed by atoms with Crippen LogP contribution in [0.1, 0.15) is 47.5 Å². The third-order valence-corrected chi connectivity index (χ3v) is 4.65. The van der Waals surface area contributed by atoms with Gasteiger partial charge in [-0.15, -0.1) is 0 Å². The minimum Gasteiger partial charge on any atom is -0.380 e. The Bertz CT molecular complexity index is 299. The fourth-order valence-electron chi connectivity index (χ4n) is 3.18. The van der Waals surface area contributed by atoms with E-state index in [2.05, 4.69) is 44.8 Å². The standard InChI is InChI=1S/C16H32N2O/c1-13(2)10-19-9-8-18-12-15(3,4)17-11-16(18,5)14-6-7-14/h13-14,17H,6-12H2,1-5H3. The van der Waals surface area contributed by atoms with Crippen molar-refractivity contribution in [1.82, 2.24) is 10.2 Å². The average molecular weight is 268 g/mol. The van der Waals surface area contributed by atoms with E-state index in [9.17, 15) is 0 Å². The summed E-state index contributed by atoms with van der Waals surface area (Å²) in [5.74, 6) is 1.52. The fourth-order valence-corrected chi connectivity index (χ4v) is 3.18. The molecule has 2 rings (SSSR count). The van der Waals surface area contributed by atoms with Crippen molar-refractivity contribution in [1.29, 1.82) is 0 Å². The molecule has 0 aromatic heterocycles.